The van der Waals surface area contributed by atoms with Crippen LogP contribution in [-0.2, 0) is 18.3 Å². The van der Waals surface area contributed by atoms with Crippen molar-refractivity contribution < 1.29 is 10.2 Å². The van der Waals surface area contributed by atoms with Crippen molar-refractivity contribution in [2.24, 2.45) is 5.92 Å². The fraction of sp³-hybridized carbons (Fsp3) is 0.360. The number of phenols is 2. The van der Waals surface area contributed by atoms with Gasteiger partial charge in [-0.2, -0.15) is 0 Å². The standard InChI is InChI=1S/C25H32O2/c1-8-10-21-22(11-9-2)24(27)18(6)17(5)23(21)25(7,16(3)4)19-12-14-20(26)15-13-19/h8-9,12-16,26-27H,1-2,10-11H2,3-7H3. The van der Waals surface area contributed by atoms with Gasteiger partial charge < -0.3 is 10.2 Å². The molecule has 2 nitrogen and oxygen atoms in total. The first-order chi connectivity index (χ1) is 12.7. The van der Waals surface area contributed by atoms with E-state index in [0.717, 1.165) is 27.8 Å². The van der Waals surface area contributed by atoms with E-state index in [1.165, 1.54) is 5.56 Å². The van der Waals surface area contributed by atoms with Gasteiger partial charge in [0.1, 0.15) is 11.5 Å². The molecule has 1 atom stereocenters. The summed E-state index contributed by atoms with van der Waals surface area (Å²) in [6.45, 7) is 18.6. The Morgan fingerprint density at radius 1 is 0.926 bits per heavy atom. The molecule has 0 heterocycles. The van der Waals surface area contributed by atoms with Gasteiger partial charge in [0.15, 0.2) is 0 Å². The Bertz CT molecular complexity index is 844. The Morgan fingerprint density at radius 2 is 1.44 bits per heavy atom. The highest BCUT2D eigenvalue weighted by atomic mass is 16.3. The van der Waals surface area contributed by atoms with Crippen molar-refractivity contribution in [1.82, 2.24) is 0 Å². The van der Waals surface area contributed by atoms with Crippen molar-refractivity contribution in [3.63, 3.8) is 0 Å². The number of rotatable bonds is 7. The van der Waals surface area contributed by atoms with E-state index in [-0.39, 0.29) is 11.2 Å². The van der Waals surface area contributed by atoms with Gasteiger partial charge in [-0.3, -0.25) is 0 Å². The Kier molecular flexibility index (Phi) is 6.20. The van der Waals surface area contributed by atoms with E-state index >= 15 is 0 Å². The zero-order chi connectivity index (χ0) is 20.4. The summed E-state index contributed by atoms with van der Waals surface area (Å²) in [5.41, 5.74) is 6.23. The molecular weight excluding hydrogens is 332 g/mol. The highest BCUT2D eigenvalue weighted by Crippen LogP contribution is 2.46. The molecule has 1 unspecified atom stereocenters. The monoisotopic (exact) mass is 364 g/mol. The minimum atomic E-state index is -0.273. The van der Waals surface area contributed by atoms with Crippen LogP contribution >= 0.6 is 0 Å². The first-order valence-corrected chi connectivity index (χ1v) is 9.55. The minimum absolute atomic E-state index is 0.266. The molecule has 2 aromatic carbocycles. The van der Waals surface area contributed by atoms with Gasteiger partial charge in [0.05, 0.1) is 0 Å². The zero-order valence-corrected chi connectivity index (χ0v) is 17.3. The van der Waals surface area contributed by atoms with E-state index in [4.69, 9.17) is 0 Å². The highest BCUT2D eigenvalue weighted by molar-refractivity contribution is 5.60. The van der Waals surface area contributed by atoms with E-state index in [2.05, 4.69) is 40.9 Å². The average Bonchev–Trinajstić information content (AvgIpc) is 2.63. The van der Waals surface area contributed by atoms with Crippen molar-refractivity contribution in [2.45, 2.75) is 52.9 Å². The fourth-order valence-electron chi connectivity index (χ4n) is 4.12. The van der Waals surface area contributed by atoms with Crippen LogP contribution in [-0.4, -0.2) is 10.2 Å². The highest BCUT2D eigenvalue weighted by Gasteiger charge is 2.37. The SMILES string of the molecule is C=CCc1c(O)c(C)c(C)c(C(C)(c2ccc(O)cc2)C(C)C)c1CC=C. The maximum absolute atomic E-state index is 10.8. The lowest BCUT2D eigenvalue weighted by Gasteiger charge is -2.39. The van der Waals surface area contributed by atoms with Gasteiger partial charge in [0, 0.05) is 11.0 Å². The summed E-state index contributed by atoms with van der Waals surface area (Å²) in [6, 6.07) is 7.50. The summed E-state index contributed by atoms with van der Waals surface area (Å²) in [7, 11) is 0. The van der Waals surface area contributed by atoms with E-state index in [9.17, 15) is 10.2 Å². The molecule has 2 rings (SSSR count). The maximum atomic E-state index is 10.8. The van der Waals surface area contributed by atoms with Gasteiger partial charge >= 0.3 is 0 Å². The summed E-state index contributed by atoms with van der Waals surface area (Å²) < 4.78 is 0. The van der Waals surface area contributed by atoms with Crippen LogP contribution in [0, 0.1) is 19.8 Å². The lowest BCUT2D eigenvalue weighted by molar-refractivity contribution is 0.396. The summed E-state index contributed by atoms with van der Waals surface area (Å²) in [4.78, 5) is 0. The molecule has 2 aromatic rings. The number of hydrogen-bond acceptors (Lipinski definition) is 2. The van der Waals surface area contributed by atoms with Crippen LogP contribution in [0.15, 0.2) is 49.6 Å². The van der Waals surface area contributed by atoms with Gasteiger partial charge in [-0.15, -0.1) is 13.2 Å². The second-order valence-electron chi connectivity index (χ2n) is 7.82. The molecular formula is C25H32O2. The third-order valence-electron chi connectivity index (χ3n) is 6.08. The smallest absolute Gasteiger partial charge is 0.122 e. The zero-order valence-electron chi connectivity index (χ0n) is 17.3. The van der Waals surface area contributed by atoms with Crippen LogP contribution in [0.2, 0.25) is 0 Å². The topological polar surface area (TPSA) is 40.5 Å². The Labute approximate surface area is 163 Å². The molecule has 0 aliphatic carbocycles. The summed E-state index contributed by atoms with van der Waals surface area (Å²) in [5.74, 6) is 0.941. The van der Waals surface area contributed by atoms with E-state index in [1.54, 1.807) is 12.1 Å². The first kappa shape index (κ1) is 20.8. The van der Waals surface area contributed by atoms with Crippen molar-refractivity contribution in [3.8, 4) is 11.5 Å². The molecule has 0 radical (unpaired) electrons. The van der Waals surface area contributed by atoms with Crippen molar-refractivity contribution in [3.05, 3.63) is 83.0 Å². The lowest BCUT2D eigenvalue weighted by Crippen LogP contribution is -2.33. The molecule has 2 N–H and O–H groups in total. The van der Waals surface area contributed by atoms with Crippen LogP contribution < -0.4 is 0 Å². The van der Waals surface area contributed by atoms with Gasteiger partial charge in [0.25, 0.3) is 0 Å². The second kappa shape index (κ2) is 8.04. The van der Waals surface area contributed by atoms with Gasteiger partial charge in [-0.25, -0.2) is 0 Å². The molecule has 0 amide bonds. The van der Waals surface area contributed by atoms with Gasteiger partial charge in [-0.05, 0) is 72.6 Å². The third-order valence-corrected chi connectivity index (χ3v) is 6.08. The number of aromatic hydroxyl groups is 2. The van der Waals surface area contributed by atoms with Crippen LogP contribution in [0.5, 0.6) is 11.5 Å². The van der Waals surface area contributed by atoms with E-state index in [0.29, 0.717) is 24.5 Å². The number of phenolic OH excluding ortho intramolecular Hbond substituents is 2. The summed E-state index contributed by atoms with van der Waals surface area (Å²) in [5, 5.41) is 20.6. The molecule has 0 aromatic heterocycles. The molecule has 144 valence electrons. The van der Waals surface area contributed by atoms with Crippen molar-refractivity contribution >= 4 is 0 Å². The Morgan fingerprint density at radius 3 is 1.93 bits per heavy atom. The normalized spacial score (nSPS) is 13.4. The molecule has 0 fully saturated rings. The molecule has 0 bridgehead atoms. The maximum Gasteiger partial charge on any atom is 0.122 e. The predicted molar refractivity (Wildman–Crippen MR) is 115 cm³/mol. The molecule has 27 heavy (non-hydrogen) atoms. The van der Waals surface area contributed by atoms with Crippen LogP contribution in [0.4, 0.5) is 0 Å². The minimum Gasteiger partial charge on any atom is -0.508 e. The predicted octanol–water partition coefficient (Wildman–Crippen LogP) is 6.13. The quantitative estimate of drug-likeness (QED) is 0.580. The second-order valence-corrected chi connectivity index (χ2v) is 7.82. The first-order valence-electron chi connectivity index (χ1n) is 9.55. The average molecular weight is 365 g/mol. The molecule has 0 spiro atoms. The largest absolute Gasteiger partial charge is 0.508 e. The lowest BCUT2D eigenvalue weighted by atomic mass is 9.64. The van der Waals surface area contributed by atoms with Gasteiger partial charge in [0.2, 0.25) is 0 Å². The van der Waals surface area contributed by atoms with Crippen LogP contribution in [0.3, 0.4) is 0 Å². The Balaban J connectivity index is 2.96. The van der Waals surface area contributed by atoms with E-state index < -0.39 is 0 Å². The summed E-state index contributed by atoms with van der Waals surface area (Å²) >= 11 is 0. The molecule has 2 heteroatoms. The fourth-order valence-corrected chi connectivity index (χ4v) is 4.12. The molecule has 0 saturated heterocycles. The molecule has 0 aliphatic heterocycles. The van der Waals surface area contributed by atoms with Crippen LogP contribution in [0.25, 0.3) is 0 Å². The van der Waals surface area contributed by atoms with Crippen molar-refractivity contribution in [2.75, 3.05) is 0 Å². The van der Waals surface area contributed by atoms with E-state index in [1.807, 2.05) is 31.2 Å². The number of hydrogen-bond donors (Lipinski definition) is 2. The van der Waals surface area contributed by atoms with Gasteiger partial charge in [-0.1, -0.05) is 45.1 Å². The number of allylic oxidation sites excluding steroid dienone is 2. The Hall–Kier alpha value is -2.48. The third kappa shape index (κ3) is 3.53. The van der Waals surface area contributed by atoms with Crippen molar-refractivity contribution in [1.29, 1.82) is 0 Å². The van der Waals surface area contributed by atoms with Crippen LogP contribution in [0.1, 0.15) is 54.2 Å². The summed E-state index contributed by atoms with van der Waals surface area (Å²) in [6.07, 6.45) is 5.05. The molecule has 0 aliphatic rings. The molecule has 0 saturated carbocycles. The number of benzene rings is 2.